The molecule has 0 aliphatic carbocycles. The minimum atomic E-state index is -0.790. The molecule has 3 N–H and O–H groups in total. The topological polar surface area (TPSA) is 81.4 Å². The van der Waals surface area contributed by atoms with Crippen molar-refractivity contribution >= 4 is 12.0 Å². The van der Waals surface area contributed by atoms with E-state index in [1.807, 2.05) is 24.3 Å². The molecule has 1 rings (SSSR count). The predicted molar refractivity (Wildman–Crippen MR) is 58.3 cm³/mol. The first-order chi connectivity index (χ1) is 7.58. The Bertz CT molecular complexity index is 336. The first-order valence-electron chi connectivity index (χ1n) is 4.82. The molecule has 0 spiro atoms. The highest BCUT2D eigenvalue weighted by molar-refractivity contribution is 5.72. The summed E-state index contributed by atoms with van der Waals surface area (Å²) in [6.45, 7) is 2.12. The summed E-state index contributed by atoms with van der Waals surface area (Å²) in [6, 6.07) is 7.35. The van der Waals surface area contributed by atoms with E-state index < -0.39 is 6.09 Å². The van der Waals surface area contributed by atoms with Crippen molar-refractivity contribution in [1.82, 2.24) is 5.32 Å². The fourth-order valence-corrected chi connectivity index (χ4v) is 1.13. The van der Waals surface area contributed by atoms with Crippen molar-refractivity contribution in [2.45, 2.75) is 20.1 Å². The molecule has 0 aromatic heterocycles. The van der Waals surface area contributed by atoms with Gasteiger partial charge in [-0.25, -0.2) is 4.79 Å². The number of carbonyl (C=O) groups excluding carboxylic acids is 2. The van der Waals surface area contributed by atoms with Gasteiger partial charge in [-0.1, -0.05) is 24.3 Å². The smallest absolute Gasteiger partial charge is 0.404 e. The lowest BCUT2D eigenvalue weighted by Gasteiger charge is -2.04. The molecule has 0 saturated carbocycles. The Morgan fingerprint density at radius 3 is 2.31 bits per heavy atom. The van der Waals surface area contributed by atoms with E-state index in [0.717, 1.165) is 11.1 Å². The summed E-state index contributed by atoms with van der Waals surface area (Å²) in [4.78, 5) is 21.0. The monoisotopic (exact) mass is 222 g/mol. The number of benzene rings is 1. The van der Waals surface area contributed by atoms with Crippen LogP contribution in [0, 0.1) is 0 Å². The molecule has 0 fully saturated rings. The number of rotatable bonds is 4. The van der Waals surface area contributed by atoms with Crippen LogP contribution in [0.25, 0.3) is 0 Å². The highest BCUT2D eigenvalue weighted by Gasteiger charge is 1.98. The summed E-state index contributed by atoms with van der Waals surface area (Å²) >= 11 is 0. The molecule has 0 aliphatic heterocycles. The molecule has 0 atom stereocenters. The second kappa shape index (κ2) is 5.75. The number of hydrogen-bond acceptors (Lipinski definition) is 3. The van der Waals surface area contributed by atoms with Gasteiger partial charge in [-0.15, -0.1) is 0 Å². The normalized spacial score (nSPS) is 9.56. The molecule has 5 nitrogen and oxygen atoms in total. The molecule has 16 heavy (non-hydrogen) atoms. The summed E-state index contributed by atoms with van der Waals surface area (Å²) in [5.74, 6) is -0.0684. The standard InChI is InChI=1S/C11H14N2O3/c1-8(14)13-6-9-2-4-10(5-3-9)7-16-11(12)15/h2-5H,6-7H2,1H3,(H2,12,15)(H,13,14). The molecule has 86 valence electrons. The van der Waals surface area contributed by atoms with Gasteiger partial charge in [0.1, 0.15) is 6.61 Å². The lowest BCUT2D eigenvalue weighted by atomic mass is 10.1. The molecule has 0 unspecified atom stereocenters. The predicted octanol–water partition coefficient (Wildman–Crippen LogP) is 0.918. The van der Waals surface area contributed by atoms with E-state index in [0.29, 0.717) is 6.54 Å². The van der Waals surface area contributed by atoms with Crippen molar-refractivity contribution in [3.63, 3.8) is 0 Å². The molecule has 1 aromatic carbocycles. The van der Waals surface area contributed by atoms with Crippen LogP contribution < -0.4 is 11.1 Å². The number of carbonyl (C=O) groups is 2. The van der Waals surface area contributed by atoms with Gasteiger partial charge < -0.3 is 15.8 Å². The number of ether oxygens (including phenoxy) is 1. The number of nitrogens with one attached hydrogen (secondary N) is 1. The Hall–Kier alpha value is -2.04. The van der Waals surface area contributed by atoms with Gasteiger partial charge in [0.05, 0.1) is 0 Å². The molecule has 5 heteroatoms. The van der Waals surface area contributed by atoms with Crippen LogP contribution in [-0.2, 0) is 22.7 Å². The molecule has 0 radical (unpaired) electrons. The second-order valence-corrected chi connectivity index (χ2v) is 3.33. The average Bonchev–Trinajstić information content (AvgIpc) is 2.25. The maximum absolute atomic E-state index is 10.7. The molecule has 0 aliphatic rings. The lowest BCUT2D eigenvalue weighted by Crippen LogP contribution is -2.18. The first-order valence-corrected chi connectivity index (χ1v) is 4.82. The van der Waals surface area contributed by atoms with E-state index in [-0.39, 0.29) is 12.5 Å². The summed E-state index contributed by atoms with van der Waals surface area (Å²) in [6.07, 6.45) is -0.790. The Kier molecular flexibility index (Phi) is 4.32. The zero-order valence-corrected chi connectivity index (χ0v) is 9.03. The third-order valence-corrected chi connectivity index (χ3v) is 1.95. The maximum Gasteiger partial charge on any atom is 0.404 e. The number of amides is 2. The minimum absolute atomic E-state index is 0.0684. The highest BCUT2D eigenvalue weighted by Crippen LogP contribution is 2.05. The van der Waals surface area contributed by atoms with Gasteiger partial charge >= 0.3 is 6.09 Å². The zero-order valence-electron chi connectivity index (χ0n) is 9.03. The van der Waals surface area contributed by atoms with E-state index >= 15 is 0 Å². The number of primary amides is 1. The van der Waals surface area contributed by atoms with Gasteiger partial charge in [-0.05, 0) is 11.1 Å². The van der Waals surface area contributed by atoms with Gasteiger partial charge in [-0.2, -0.15) is 0 Å². The van der Waals surface area contributed by atoms with Gasteiger partial charge in [-0.3, -0.25) is 4.79 Å². The van der Waals surface area contributed by atoms with E-state index in [9.17, 15) is 9.59 Å². The third kappa shape index (κ3) is 4.45. The summed E-state index contributed by atoms with van der Waals surface area (Å²) in [5.41, 5.74) is 6.68. The Morgan fingerprint density at radius 1 is 1.25 bits per heavy atom. The largest absolute Gasteiger partial charge is 0.445 e. The van der Waals surface area contributed by atoms with E-state index in [4.69, 9.17) is 5.73 Å². The molecule has 1 aromatic rings. The molecule has 0 bridgehead atoms. The van der Waals surface area contributed by atoms with E-state index in [2.05, 4.69) is 10.1 Å². The van der Waals surface area contributed by atoms with Crippen molar-refractivity contribution in [2.24, 2.45) is 5.73 Å². The van der Waals surface area contributed by atoms with Crippen LogP contribution in [0.2, 0.25) is 0 Å². The fourth-order valence-electron chi connectivity index (χ4n) is 1.13. The highest BCUT2D eigenvalue weighted by atomic mass is 16.5. The first kappa shape index (κ1) is 12.0. The number of hydrogen-bond donors (Lipinski definition) is 2. The van der Waals surface area contributed by atoms with Crippen LogP contribution in [0.5, 0.6) is 0 Å². The van der Waals surface area contributed by atoms with Gasteiger partial charge in [0, 0.05) is 13.5 Å². The Labute approximate surface area is 93.6 Å². The van der Waals surface area contributed by atoms with Gasteiger partial charge in [0.2, 0.25) is 5.91 Å². The molecule has 2 amide bonds. The summed E-state index contributed by atoms with van der Waals surface area (Å²) < 4.78 is 4.64. The Balaban J connectivity index is 2.47. The van der Waals surface area contributed by atoms with Crippen LogP contribution in [0.4, 0.5) is 4.79 Å². The van der Waals surface area contributed by atoms with E-state index in [1.54, 1.807) is 0 Å². The molecule has 0 saturated heterocycles. The van der Waals surface area contributed by atoms with Crippen LogP contribution in [0.1, 0.15) is 18.1 Å². The number of nitrogens with two attached hydrogens (primary N) is 1. The summed E-state index contributed by atoms with van der Waals surface area (Å²) in [7, 11) is 0. The van der Waals surface area contributed by atoms with Crippen molar-refractivity contribution in [2.75, 3.05) is 0 Å². The van der Waals surface area contributed by atoms with Crippen molar-refractivity contribution in [1.29, 1.82) is 0 Å². The minimum Gasteiger partial charge on any atom is -0.445 e. The molecular formula is C11H14N2O3. The molecular weight excluding hydrogens is 208 g/mol. The van der Waals surface area contributed by atoms with Gasteiger partial charge in [0.15, 0.2) is 0 Å². The Morgan fingerprint density at radius 2 is 1.81 bits per heavy atom. The van der Waals surface area contributed by atoms with Crippen molar-refractivity contribution < 1.29 is 14.3 Å². The third-order valence-electron chi connectivity index (χ3n) is 1.95. The van der Waals surface area contributed by atoms with Crippen LogP contribution in [-0.4, -0.2) is 12.0 Å². The van der Waals surface area contributed by atoms with Crippen LogP contribution in [0.15, 0.2) is 24.3 Å². The van der Waals surface area contributed by atoms with E-state index in [1.165, 1.54) is 6.92 Å². The maximum atomic E-state index is 10.7. The SMILES string of the molecule is CC(=O)NCc1ccc(COC(N)=O)cc1. The van der Waals surface area contributed by atoms with Crippen LogP contribution >= 0.6 is 0 Å². The zero-order chi connectivity index (χ0) is 12.0. The molecule has 0 heterocycles. The van der Waals surface area contributed by atoms with Crippen LogP contribution in [0.3, 0.4) is 0 Å². The fraction of sp³-hybridized carbons (Fsp3) is 0.273. The average molecular weight is 222 g/mol. The lowest BCUT2D eigenvalue weighted by molar-refractivity contribution is -0.119. The quantitative estimate of drug-likeness (QED) is 0.794. The van der Waals surface area contributed by atoms with Crippen molar-refractivity contribution in [3.05, 3.63) is 35.4 Å². The van der Waals surface area contributed by atoms with Gasteiger partial charge in [0.25, 0.3) is 0 Å². The van der Waals surface area contributed by atoms with Crippen molar-refractivity contribution in [3.8, 4) is 0 Å². The summed E-state index contributed by atoms with van der Waals surface area (Å²) in [5, 5.41) is 2.69. The second-order valence-electron chi connectivity index (χ2n) is 3.33.